The van der Waals surface area contributed by atoms with Crippen LogP contribution in [-0.4, -0.2) is 35.7 Å². The van der Waals surface area contributed by atoms with E-state index in [-0.39, 0.29) is 11.7 Å². The highest BCUT2D eigenvalue weighted by molar-refractivity contribution is 7.22. The van der Waals surface area contributed by atoms with Crippen molar-refractivity contribution in [1.29, 1.82) is 0 Å². The van der Waals surface area contributed by atoms with Crippen LogP contribution in [0.4, 0.5) is 15.6 Å². The van der Waals surface area contributed by atoms with Crippen molar-refractivity contribution < 1.29 is 14.5 Å². The molecule has 1 unspecified atom stereocenters. The highest BCUT2D eigenvalue weighted by Gasteiger charge is 2.13. The minimum atomic E-state index is -0.467. The lowest BCUT2D eigenvalue weighted by atomic mass is 10.3. The molecule has 0 aliphatic rings. The first-order chi connectivity index (χ1) is 9.99. The second-order valence-corrected chi connectivity index (χ2v) is 5.41. The van der Waals surface area contributed by atoms with E-state index in [1.165, 1.54) is 23.5 Å². The fourth-order valence-corrected chi connectivity index (χ4v) is 2.62. The monoisotopic (exact) mass is 310 g/mol. The van der Waals surface area contributed by atoms with Crippen molar-refractivity contribution in [3.05, 3.63) is 28.3 Å². The van der Waals surface area contributed by atoms with Crippen LogP contribution in [0.15, 0.2) is 18.2 Å². The summed E-state index contributed by atoms with van der Waals surface area (Å²) in [5.41, 5.74) is 0.599. The van der Waals surface area contributed by atoms with E-state index in [2.05, 4.69) is 15.6 Å². The summed E-state index contributed by atoms with van der Waals surface area (Å²) in [6, 6.07) is 3.84. The number of urea groups is 1. The van der Waals surface area contributed by atoms with Gasteiger partial charge < -0.3 is 10.1 Å². The van der Waals surface area contributed by atoms with Crippen LogP contribution in [0.3, 0.4) is 0 Å². The number of nitro groups is 1. The number of nitrogens with zero attached hydrogens (tertiary/aromatic N) is 2. The molecule has 0 fully saturated rings. The first kappa shape index (κ1) is 15.1. The quantitative estimate of drug-likeness (QED) is 0.651. The normalized spacial score (nSPS) is 12.1. The summed E-state index contributed by atoms with van der Waals surface area (Å²) in [5, 5.41) is 16.4. The molecular weight excluding hydrogens is 296 g/mol. The molecule has 21 heavy (non-hydrogen) atoms. The van der Waals surface area contributed by atoms with Crippen LogP contribution in [0.25, 0.3) is 10.2 Å². The van der Waals surface area contributed by atoms with Gasteiger partial charge in [-0.15, -0.1) is 0 Å². The number of thiazole rings is 1. The zero-order valence-corrected chi connectivity index (χ0v) is 12.3. The zero-order chi connectivity index (χ0) is 15.4. The molecule has 2 amide bonds. The summed E-state index contributed by atoms with van der Waals surface area (Å²) in [5.74, 6) is 0. The number of carbonyl (C=O) groups excluding carboxylic acids is 1. The molecule has 0 aliphatic carbocycles. The summed E-state index contributed by atoms with van der Waals surface area (Å²) in [4.78, 5) is 26.2. The van der Waals surface area contributed by atoms with E-state index in [1.807, 2.05) is 6.92 Å². The van der Waals surface area contributed by atoms with Gasteiger partial charge in [-0.2, -0.15) is 0 Å². The van der Waals surface area contributed by atoms with Gasteiger partial charge in [0.1, 0.15) is 0 Å². The number of fused-ring (bicyclic) bond motifs is 1. The molecule has 1 heterocycles. The molecule has 2 N–H and O–H groups in total. The fraction of sp³-hybridized carbons (Fsp3) is 0.333. The smallest absolute Gasteiger partial charge is 0.321 e. The molecule has 8 nitrogen and oxygen atoms in total. The number of nitrogens with one attached hydrogen (secondary N) is 2. The van der Waals surface area contributed by atoms with Gasteiger partial charge in [-0.05, 0) is 13.0 Å². The molecule has 2 rings (SSSR count). The van der Waals surface area contributed by atoms with Crippen LogP contribution >= 0.6 is 11.3 Å². The van der Waals surface area contributed by atoms with Gasteiger partial charge in [-0.1, -0.05) is 11.3 Å². The van der Waals surface area contributed by atoms with Gasteiger partial charge in [0.05, 0.1) is 27.8 Å². The second-order valence-electron chi connectivity index (χ2n) is 4.38. The van der Waals surface area contributed by atoms with Crippen LogP contribution in [0.1, 0.15) is 6.92 Å². The minimum absolute atomic E-state index is 0.00383. The summed E-state index contributed by atoms with van der Waals surface area (Å²) in [6.07, 6.45) is 0. The van der Waals surface area contributed by atoms with Gasteiger partial charge in [0, 0.05) is 19.2 Å². The Balaban J connectivity index is 2.09. The molecule has 0 bridgehead atoms. The predicted molar refractivity (Wildman–Crippen MR) is 79.8 cm³/mol. The van der Waals surface area contributed by atoms with Gasteiger partial charge in [0.25, 0.3) is 5.69 Å². The lowest BCUT2D eigenvalue weighted by molar-refractivity contribution is -0.384. The number of rotatable bonds is 5. The highest BCUT2D eigenvalue weighted by atomic mass is 32.1. The van der Waals surface area contributed by atoms with E-state index < -0.39 is 11.0 Å². The lowest BCUT2D eigenvalue weighted by Gasteiger charge is -2.12. The van der Waals surface area contributed by atoms with Crippen molar-refractivity contribution in [3.63, 3.8) is 0 Å². The molecule has 0 saturated heterocycles. The maximum absolute atomic E-state index is 11.7. The van der Waals surface area contributed by atoms with Gasteiger partial charge in [-0.25, -0.2) is 9.78 Å². The van der Waals surface area contributed by atoms with Crippen LogP contribution in [0, 0.1) is 10.1 Å². The average Bonchev–Trinajstić information content (AvgIpc) is 2.79. The Morgan fingerprint density at radius 1 is 1.57 bits per heavy atom. The zero-order valence-electron chi connectivity index (χ0n) is 11.5. The van der Waals surface area contributed by atoms with E-state index >= 15 is 0 Å². The molecule has 1 aromatic heterocycles. The Morgan fingerprint density at radius 2 is 2.33 bits per heavy atom. The van der Waals surface area contributed by atoms with Crippen molar-refractivity contribution >= 4 is 38.4 Å². The average molecular weight is 310 g/mol. The molecule has 9 heteroatoms. The van der Waals surface area contributed by atoms with Crippen LogP contribution in [0.5, 0.6) is 0 Å². The summed E-state index contributed by atoms with van der Waals surface area (Å²) < 4.78 is 5.56. The number of ether oxygens (including phenoxy) is 1. The van der Waals surface area contributed by atoms with E-state index in [0.717, 1.165) is 0 Å². The molecule has 112 valence electrons. The first-order valence-electron chi connectivity index (χ1n) is 6.11. The third kappa shape index (κ3) is 3.86. The molecular formula is C12H14N4O4S. The predicted octanol–water partition coefficient (Wildman–Crippen LogP) is 2.36. The Bertz CT molecular complexity index is 672. The molecule has 0 radical (unpaired) electrons. The summed E-state index contributed by atoms with van der Waals surface area (Å²) in [7, 11) is 1.55. The van der Waals surface area contributed by atoms with E-state index in [4.69, 9.17) is 4.74 Å². The minimum Gasteiger partial charge on any atom is -0.383 e. The van der Waals surface area contributed by atoms with E-state index in [0.29, 0.717) is 22.0 Å². The number of nitro benzene ring substituents is 1. The Labute approximate surface area is 124 Å². The third-order valence-electron chi connectivity index (χ3n) is 2.60. The Morgan fingerprint density at radius 3 is 3.00 bits per heavy atom. The number of non-ortho nitro benzene ring substituents is 1. The number of anilines is 1. The Hall–Kier alpha value is -2.26. The highest BCUT2D eigenvalue weighted by Crippen LogP contribution is 2.28. The molecule has 2 aromatic rings. The van der Waals surface area contributed by atoms with Crippen molar-refractivity contribution in [2.24, 2.45) is 0 Å². The summed E-state index contributed by atoms with van der Waals surface area (Å²) in [6.45, 7) is 2.21. The fourth-order valence-electron chi connectivity index (χ4n) is 1.73. The van der Waals surface area contributed by atoms with Crippen molar-refractivity contribution in [3.8, 4) is 0 Å². The lowest BCUT2D eigenvalue weighted by Crippen LogP contribution is -2.38. The SMILES string of the molecule is COCC(C)NC(=O)Nc1nc2ccc([N+](=O)[O-])cc2s1. The molecule has 0 aliphatic heterocycles. The van der Waals surface area contributed by atoms with Crippen LogP contribution < -0.4 is 10.6 Å². The molecule has 1 aromatic carbocycles. The summed E-state index contributed by atoms with van der Waals surface area (Å²) >= 11 is 1.18. The van der Waals surface area contributed by atoms with Crippen molar-refractivity contribution in [2.75, 3.05) is 19.0 Å². The number of hydrogen-bond acceptors (Lipinski definition) is 6. The topological polar surface area (TPSA) is 106 Å². The van der Waals surface area contributed by atoms with Crippen molar-refractivity contribution in [2.45, 2.75) is 13.0 Å². The maximum Gasteiger partial charge on any atom is 0.321 e. The third-order valence-corrected chi connectivity index (χ3v) is 3.53. The Kier molecular flexibility index (Phi) is 4.66. The van der Waals surface area contributed by atoms with Crippen LogP contribution in [-0.2, 0) is 4.74 Å². The van der Waals surface area contributed by atoms with E-state index in [1.54, 1.807) is 13.2 Å². The van der Waals surface area contributed by atoms with E-state index in [9.17, 15) is 14.9 Å². The number of benzene rings is 1. The van der Waals surface area contributed by atoms with Gasteiger partial charge >= 0.3 is 6.03 Å². The number of carbonyl (C=O) groups is 1. The molecule has 0 saturated carbocycles. The first-order valence-corrected chi connectivity index (χ1v) is 6.92. The standard InChI is InChI=1S/C12H14N4O4S/c1-7(6-20-2)13-11(17)15-12-14-9-4-3-8(16(18)19)5-10(9)21-12/h3-5,7H,6H2,1-2H3,(H2,13,14,15,17). The van der Waals surface area contributed by atoms with Crippen LogP contribution in [0.2, 0.25) is 0 Å². The molecule has 0 spiro atoms. The number of amides is 2. The number of methoxy groups -OCH3 is 1. The van der Waals surface area contributed by atoms with Gasteiger partial charge in [0.15, 0.2) is 5.13 Å². The number of hydrogen-bond donors (Lipinski definition) is 2. The van der Waals surface area contributed by atoms with Gasteiger partial charge in [0.2, 0.25) is 0 Å². The van der Waals surface area contributed by atoms with Gasteiger partial charge in [-0.3, -0.25) is 15.4 Å². The van der Waals surface area contributed by atoms with Crippen molar-refractivity contribution in [1.82, 2.24) is 10.3 Å². The largest absolute Gasteiger partial charge is 0.383 e. The maximum atomic E-state index is 11.7. The number of aromatic nitrogens is 1. The molecule has 1 atom stereocenters. The second kappa shape index (κ2) is 6.46.